The molecule has 0 aromatic heterocycles. The Morgan fingerprint density at radius 3 is 2.76 bits per heavy atom. The SMILES string of the molecule is CC1=CC[C@@H](C)C(=O)OCC(c2ccccc2)NCCC1. The van der Waals surface area contributed by atoms with Crippen LogP contribution in [0.4, 0.5) is 0 Å². The first kappa shape index (κ1) is 15.8. The number of rotatable bonds is 1. The van der Waals surface area contributed by atoms with Gasteiger partial charge in [-0.15, -0.1) is 0 Å². The van der Waals surface area contributed by atoms with Crippen LogP contribution in [0.25, 0.3) is 0 Å². The Balaban J connectivity index is 2.07. The van der Waals surface area contributed by atoms with Crippen LogP contribution in [-0.4, -0.2) is 19.1 Å². The molecule has 1 aliphatic rings. The van der Waals surface area contributed by atoms with Gasteiger partial charge < -0.3 is 10.1 Å². The third-order valence-corrected chi connectivity index (χ3v) is 3.96. The van der Waals surface area contributed by atoms with E-state index in [0.29, 0.717) is 6.61 Å². The Morgan fingerprint density at radius 2 is 2.00 bits per heavy atom. The molecule has 1 heterocycles. The lowest BCUT2D eigenvalue weighted by atomic mass is 10.0. The zero-order chi connectivity index (χ0) is 15.1. The fourth-order valence-electron chi connectivity index (χ4n) is 2.49. The van der Waals surface area contributed by atoms with Crippen molar-refractivity contribution < 1.29 is 9.53 Å². The maximum Gasteiger partial charge on any atom is 0.309 e. The summed E-state index contributed by atoms with van der Waals surface area (Å²) >= 11 is 0. The van der Waals surface area contributed by atoms with Crippen LogP contribution in [0.5, 0.6) is 0 Å². The number of hydrogen-bond acceptors (Lipinski definition) is 3. The quantitative estimate of drug-likeness (QED) is 0.633. The summed E-state index contributed by atoms with van der Waals surface area (Å²) in [5, 5.41) is 3.51. The van der Waals surface area contributed by atoms with E-state index in [1.165, 1.54) is 11.1 Å². The van der Waals surface area contributed by atoms with Crippen LogP contribution in [0.3, 0.4) is 0 Å². The fourth-order valence-corrected chi connectivity index (χ4v) is 2.49. The second kappa shape index (κ2) is 7.99. The lowest BCUT2D eigenvalue weighted by Crippen LogP contribution is -2.29. The van der Waals surface area contributed by atoms with Gasteiger partial charge in [-0.25, -0.2) is 0 Å². The molecule has 0 saturated carbocycles. The first-order valence-corrected chi connectivity index (χ1v) is 7.77. The number of carbonyl (C=O) groups excluding carboxylic acids is 1. The van der Waals surface area contributed by atoms with Gasteiger partial charge in [0.1, 0.15) is 6.61 Å². The lowest BCUT2D eigenvalue weighted by Gasteiger charge is -2.21. The summed E-state index contributed by atoms with van der Waals surface area (Å²) in [5.74, 6) is -0.182. The molecule has 1 aromatic carbocycles. The van der Waals surface area contributed by atoms with Crippen LogP contribution < -0.4 is 5.32 Å². The van der Waals surface area contributed by atoms with Crippen molar-refractivity contribution in [2.75, 3.05) is 13.2 Å². The Morgan fingerprint density at radius 1 is 1.24 bits per heavy atom. The van der Waals surface area contributed by atoms with E-state index in [9.17, 15) is 4.79 Å². The summed E-state index contributed by atoms with van der Waals surface area (Å²) in [6.45, 7) is 5.40. The predicted molar refractivity (Wildman–Crippen MR) is 84.9 cm³/mol. The van der Waals surface area contributed by atoms with Crippen molar-refractivity contribution in [3.63, 3.8) is 0 Å². The van der Waals surface area contributed by atoms with Gasteiger partial charge >= 0.3 is 5.97 Å². The zero-order valence-electron chi connectivity index (χ0n) is 13.0. The molecule has 0 radical (unpaired) electrons. The summed E-state index contributed by atoms with van der Waals surface area (Å²) < 4.78 is 5.50. The van der Waals surface area contributed by atoms with E-state index >= 15 is 0 Å². The molecule has 114 valence electrons. The molecule has 0 bridgehead atoms. The highest BCUT2D eigenvalue weighted by Crippen LogP contribution is 2.17. The Hall–Kier alpha value is -1.61. The topological polar surface area (TPSA) is 38.3 Å². The zero-order valence-corrected chi connectivity index (χ0v) is 13.0. The van der Waals surface area contributed by atoms with Crippen molar-refractivity contribution in [1.29, 1.82) is 0 Å². The smallest absolute Gasteiger partial charge is 0.309 e. The van der Waals surface area contributed by atoms with E-state index < -0.39 is 0 Å². The number of cyclic esters (lactones) is 1. The predicted octanol–water partition coefficient (Wildman–Crippen LogP) is 3.63. The Bertz CT molecular complexity index is 481. The minimum absolute atomic E-state index is 0.0733. The van der Waals surface area contributed by atoms with Crippen molar-refractivity contribution in [3.05, 3.63) is 47.5 Å². The molecule has 0 fully saturated rings. The van der Waals surface area contributed by atoms with Gasteiger partial charge in [-0.2, -0.15) is 0 Å². The number of nitrogens with one attached hydrogen (secondary N) is 1. The number of hydrogen-bond donors (Lipinski definition) is 1. The molecule has 1 aromatic rings. The molecule has 21 heavy (non-hydrogen) atoms. The molecule has 3 nitrogen and oxygen atoms in total. The summed E-state index contributed by atoms with van der Waals surface area (Å²) in [5.41, 5.74) is 2.52. The molecular formula is C18H25NO2. The van der Waals surface area contributed by atoms with Gasteiger partial charge in [0.15, 0.2) is 0 Å². The van der Waals surface area contributed by atoms with Gasteiger partial charge in [0.25, 0.3) is 0 Å². The van der Waals surface area contributed by atoms with E-state index in [0.717, 1.165) is 25.8 Å². The maximum atomic E-state index is 12.0. The van der Waals surface area contributed by atoms with Gasteiger partial charge in [0, 0.05) is 0 Å². The van der Waals surface area contributed by atoms with E-state index in [-0.39, 0.29) is 17.9 Å². The first-order valence-electron chi connectivity index (χ1n) is 7.77. The highest BCUT2D eigenvalue weighted by atomic mass is 16.5. The van der Waals surface area contributed by atoms with Crippen molar-refractivity contribution in [2.24, 2.45) is 5.92 Å². The highest BCUT2D eigenvalue weighted by molar-refractivity contribution is 5.72. The van der Waals surface area contributed by atoms with Gasteiger partial charge in [0.05, 0.1) is 12.0 Å². The normalized spacial score (nSPS) is 25.2. The van der Waals surface area contributed by atoms with E-state index in [4.69, 9.17) is 4.74 Å². The van der Waals surface area contributed by atoms with Gasteiger partial charge in [-0.3, -0.25) is 4.79 Å². The molecule has 1 aliphatic heterocycles. The summed E-state index contributed by atoms with van der Waals surface area (Å²) in [4.78, 5) is 12.0. The van der Waals surface area contributed by atoms with Crippen molar-refractivity contribution >= 4 is 5.97 Å². The molecule has 0 aliphatic carbocycles. The third-order valence-electron chi connectivity index (χ3n) is 3.96. The second-order valence-corrected chi connectivity index (χ2v) is 5.84. The van der Waals surface area contributed by atoms with Crippen LogP contribution in [0.15, 0.2) is 42.0 Å². The van der Waals surface area contributed by atoms with Gasteiger partial charge in [-0.05, 0) is 38.3 Å². The molecule has 3 heteroatoms. The van der Waals surface area contributed by atoms with Crippen molar-refractivity contribution in [1.82, 2.24) is 5.32 Å². The van der Waals surface area contributed by atoms with E-state index in [2.05, 4.69) is 30.4 Å². The third kappa shape index (κ3) is 5.01. The standard InChI is InChI=1S/C18H25NO2/c1-14-7-6-12-19-17(16-8-4-3-5-9-16)13-21-18(20)15(2)11-10-14/h3-5,8-10,15,17,19H,6-7,11-13H2,1-2H3/t15-,17?/m1/s1. The first-order chi connectivity index (χ1) is 10.2. The van der Waals surface area contributed by atoms with Crippen molar-refractivity contribution in [2.45, 2.75) is 39.2 Å². The van der Waals surface area contributed by atoms with Crippen LogP contribution in [0.2, 0.25) is 0 Å². The molecule has 1 N–H and O–H groups in total. The number of benzene rings is 1. The van der Waals surface area contributed by atoms with Crippen LogP contribution in [0, 0.1) is 5.92 Å². The molecular weight excluding hydrogens is 262 g/mol. The number of allylic oxidation sites excluding steroid dienone is 2. The minimum Gasteiger partial charge on any atom is -0.463 e. The Labute approximate surface area is 127 Å². The van der Waals surface area contributed by atoms with E-state index in [1.54, 1.807) is 0 Å². The largest absolute Gasteiger partial charge is 0.463 e. The molecule has 0 spiro atoms. The highest BCUT2D eigenvalue weighted by Gasteiger charge is 2.18. The minimum atomic E-state index is -0.109. The summed E-state index contributed by atoms with van der Waals surface area (Å²) in [7, 11) is 0. The van der Waals surface area contributed by atoms with Gasteiger partial charge in [0.2, 0.25) is 0 Å². The molecule has 2 atom stereocenters. The number of ether oxygens (including phenoxy) is 1. The molecule has 0 amide bonds. The number of esters is 1. The van der Waals surface area contributed by atoms with Gasteiger partial charge in [-0.1, -0.05) is 48.9 Å². The molecule has 1 unspecified atom stereocenters. The second-order valence-electron chi connectivity index (χ2n) is 5.84. The maximum absolute atomic E-state index is 12.0. The fraction of sp³-hybridized carbons (Fsp3) is 0.500. The summed E-state index contributed by atoms with van der Waals surface area (Å²) in [6.07, 6.45) is 5.13. The van der Waals surface area contributed by atoms with Crippen LogP contribution in [-0.2, 0) is 9.53 Å². The molecule has 0 saturated heterocycles. The average molecular weight is 287 g/mol. The average Bonchev–Trinajstić information content (AvgIpc) is 2.51. The lowest BCUT2D eigenvalue weighted by molar-refractivity contribution is -0.148. The molecule has 2 rings (SSSR count). The van der Waals surface area contributed by atoms with Crippen LogP contribution in [0.1, 0.15) is 44.7 Å². The number of carbonyl (C=O) groups is 1. The van der Waals surface area contributed by atoms with Crippen LogP contribution >= 0.6 is 0 Å². The Kier molecular flexibility index (Phi) is 6.00. The van der Waals surface area contributed by atoms with Crippen molar-refractivity contribution in [3.8, 4) is 0 Å². The summed E-state index contributed by atoms with van der Waals surface area (Å²) in [6, 6.07) is 10.3. The monoisotopic (exact) mass is 287 g/mol. The van der Waals surface area contributed by atoms with E-state index in [1.807, 2.05) is 25.1 Å².